The Morgan fingerprint density at radius 1 is 1.24 bits per heavy atom. The third kappa shape index (κ3) is 3.52. The zero-order valence-corrected chi connectivity index (χ0v) is 16.4. The van der Waals surface area contributed by atoms with Crippen LogP contribution in [0.25, 0.3) is 17.1 Å². The highest BCUT2D eigenvalue weighted by Gasteiger charge is 2.23. The summed E-state index contributed by atoms with van der Waals surface area (Å²) < 4.78 is 15.8. The second-order valence-corrected chi connectivity index (χ2v) is 7.25. The molecule has 6 heteroatoms. The molecule has 2 aromatic carbocycles. The van der Waals surface area contributed by atoms with Gasteiger partial charge in [0.25, 0.3) is 5.56 Å². The average molecular weight is 388 g/mol. The van der Waals surface area contributed by atoms with Gasteiger partial charge in [-0.3, -0.25) is 9.36 Å². The summed E-state index contributed by atoms with van der Waals surface area (Å²) >= 11 is 0. The molecule has 1 fully saturated rings. The van der Waals surface area contributed by atoms with Crippen molar-refractivity contribution in [1.82, 2.24) is 9.55 Å². The number of nitriles is 1. The highest BCUT2D eigenvalue weighted by molar-refractivity contribution is 5.63. The first kappa shape index (κ1) is 18.9. The van der Waals surface area contributed by atoms with Crippen LogP contribution in [0.3, 0.4) is 0 Å². The maximum absolute atomic E-state index is 14.3. The van der Waals surface area contributed by atoms with E-state index in [9.17, 15) is 9.18 Å². The van der Waals surface area contributed by atoms with Crippen LogP contribution in [0.5, 0.6) is 0 Å². The van der Waals surface area contributed by atoms with E-state index in [1.165, 1.54) is 35.1 Å². The molecule has 0 unspecified atom stereocenters. The summed E-state index contributed by atoms with van der Waals surface area (Å²) in [7, 11) is 0. The molecule has 0 aliphatic heterocycles. The average Bonchev–Trinajstić information content (AvgIpc) is 3.57. The fourth-order valence-corrected chi connectivity index (χ4v) is 3.43. The molecular formula is C23H21FN4O. The minimum atomic E-state index is -0.638. The SMILES string of the molecule is CCNc1nc(-c2ccc(C#N)c(F)c2)n(-c2ccc(C3CC3)cc2)c(=O)c1C. The minimum absolute atomic E-state index is 0.0459. The van der Waals surface area contributed by atoms with Crippen LogP contribution in [0.15, 0.2) is 47.3 Å². The van der Waals surface area contributed by atoms with Crippen molar-refractivity contribution >= 4 is 5.82 Å². The Morgan fingerprint density at radius 3 is 2.55 bits per heavy atom. The summed E-state index contributed by atoms with van der Waals surface area (Å²) in [5.74, 6) is 0.784. The lowest BCUT2D eigenvalue weighted by atomic mass is 10.1. The maximum Gasteiger partial charge on any atom is 0.263 e. The Hall–Kier alpha value is -3.46. The molecule has 1 aliphatic rings. The van der Waals surface area contributed by atoms with Gasteiger partial charge in [0.2, 0.25) is 0 Å². The van der Waals surface area contributed by atoms with E-state index >= 15 is 0 Å². The lowest BCUT2D eigenvalue weighted by Gasteiger charge is -2.17. The Morgan fingerprint density at radius 2 is 1.97 bits per heavy atom. The number of hydrogen-bond acceptors (Lipinski definition) is 4. The predicted molar refractivity (Wildman–Crippen MR) is 111 cm³/mol. The summed E-state index contributed by atoms with van der Waals surface area (Å²) in [4.78, 5) is 17.9. The zero-order valence-electron chi connectivity index (χ0n) is 16.4. The van der Waals surface area contributed by atoms with Gasteiger partial charge >= 0.3 is 0 Å². The number of nitrogens with one attached hydrogen (secondary N) is 1. The number of halogens is 1. The summed E-state index contributed by atoms with van der Waals surface area (Å²) in [6.07, 6.45) is 2.40. The molecule has 0 saturated heterocycles. The molecule has 0 bridgehead atoms. The molecule has 0 amide bonds. The summed E-state index contributed by atoms with van der Waals surface area (Å²) in [5, 5.41) is 12.1. The van der Waals surface area contributed by atoms with Crippen molar-refractivity contribution in [3.05, 3.63) is 75.3 Å². The van der Waals surface area contributed by atoms with E-state index in [1.54, 1.807) is 13.0 Å². The molecule has 29 heavy (non-hydrogen) atoms. The number of nitrogens with zero attached hydrogens (tertiary/aromatic N) is 3. The van der Waals surface area contributed by atoms with Crippen LogP contribution in [-0.4, -0.2) is 16.1 Å². The monoisotopic (exact) mass is 388 g/mol. The number of hydrogen-bond donors (Lipinski definition) is 1. The van der Waals surface area contributed by atoms with E-state index in [1.807, 2.05) is 37.3 Å². The van der Waals surface area contributed by atoms with Gasteiger partial charge in [0, 0.05) is 12.1 Å². The van der Waals surface area contributed by atoms with Crippen LogP contribution in [-0.2, 0) is 0 Å². The van der Waals surface area contributed by atoms with Crippen molar-refractivity contribution in [2.24, 2.45) is 0 Å². The third-order valence-corrected chi connectivity index (χ3v) is 5.20. The standard InChI is InChI=1S/C23H21FN4O/c1-3-26-21-14(2)23(29)28(19-10-8-16(9-11-19)15-4-5-15)22(27-21)17-6-7-18(13-25)20(24)12-17/h6-12,15,26H,3-5H2,1-2H3. The molecule has 146 valence electrons. The number of aromatic nitrogens is 2. The van der Waals surface area contributed by atoms with Gasteiger partial charge in [0.15, 0.2) is 0 Å². The fraction of sp³-hybridized carbons (Fsp3) is 0.261. The van der Waals surface area contributed by atoms with Crippen molar-refractivity contribution in [2.45, 2.75) is 32.6 Å². The van der Waals surface area contributed by atoms with E-state index in [0.717, 1.165) is 0 Å². The smallest absolute Gasteiger partial charge is 0.263 e. The molecule has 1 N–H and O–H groups in total. The molecule has 4 rings (SSSR count). The molecule has 0 spiro atoms. The highest BCUT2D eigenvalue weighted by Crippen LogP contribution is 2.40. The Bertz CT molecular complexity index is 1170. The van der Waals surface area contributed by atoms with Gasteiger partial charge in [-0.1, -0.05) is 12.1 Å². The topological polar surface area (TPSA) is 70.7 Å². The normalized spacial score (nSPS) is 13.2. The van der Waals surface area contributed by atoms with Crippen LogP contribution in [0.2, 0.25) is 0 Å². The van der Waals surface area contributed by atoms with E-state index in [2.05, 4.69) is 10.3 Å². The Labute approximate surface area is 168 Å². The first-order valence-electron chi connectivity index (χ1n) is 9.71. The van der Waals surface area contributed by atoms with Gasteiger partial charge in [-0.2, -0.15) is 5.26 Å². The van der Waals surface area contributed by atoms with E-state index in [0.29, 0.717) is 40.9 Å². The van der Waals surface area contributed by atoms with Crippen LogP contribution in [0, 0.1) is 24.1 Å². The molecule has 5 nitrogen and oxygen atoms in total. The number of rotatable bonds is 5. The van der Waals surface area contributed by atoms with Crippen LogP contribution in [0.1, 0.15) is 42.4 Å². The second-order valence-electron chi connectivity index (χ2n) is 7.25. The minimum Gasteiger partial charge on any atom is -0.370 e. The van der Waals surface area contributed by atoms with Crippen molar-refractivity contribution in [3.8, 4) is 23.1 Å². The van der Waals surface area contributed by atoms with Gasteiger partial charge in [0.05, 0.1) is 16.8 Å². The van der Waals surface area contributed by atoms with Crippen molar-refractivity contribution in [2.75, 3.05) is 11.9 Å². The third-order valence-electron chi connectivity index (χ3n) is 5.20. The summed E-state index contributed by atoms with van der Waals surface area (Å²) in [6, 6.07) is 14.0. The van der Waals surface area contributed by atoms with Gasteiger partial charge in [0.1, 0.15) is 23.5 Å². The maximum atomic E-state index is 14.3. The molecule has 3 aromatic rings. The second kappa shape index (κ2) is 7.51. The fourth-order valence-electron chi connectivity index (χ4n) is 3.43. The summed E-state index contributed by atoms with van der Waals surface area (Å²) in [5.41, 5.74) is 2.62. The van der Waals surface area contributed by atoms with Gasteiger partial charge < -0.3 is 5.32 Å². The van der Waals surface area contributed by atoms with Gasteiger partial charge in [-0.25, -0.2) is 9.37 Å². The molecule has 1 heterocycles. The Balaban J connectivity index is 1.93. The molecule has 0 radical (unpaired) electrons. The van der Waals surface area contributed by atoms with Gasteiger partial charge in [-0.15, -0.1) is 0 Å². The number of anilines is 1. The first-order valence-corrected chi connectivity index (χ1v) is 9.71. The first-order chi connectivity index (χ1) is 14.0. The molecule has 1 saturated carbocycles. The number of benzene rings is 2. The zero-order chi connectivity index (χ0) is 20.5. The van der Waals surface area contributed by atoms with E-state index in [4.69, 9.17) is 5.26 Å². The van der Waals surface area contributed by atoms with E-state index < -0.39 is 5.82 Å². The van der Waals surface area contributed by atoms with Crippen molar-refractivity contribution in [1.29, 1.82) is 5.26 Å². The quantitative estimate of drug-likeness (QED) is 0.697. The highest BCUT2D eigenvalue weighted by atomic mass is 19.1. The van der Waals surface area contributed by atoms with E-state index in [-0.39, 0.29) is 11.1 Å². The molecule has 1 aromatic heterocycles. The molecule has 1 aliphatic carbocycles. The van der Waals surface area contributed by atoms with Crippen LogP contribution >= 0.6 is 0 Å². The predicted octanol–water partition coefficient (Wildman–Crippen LogP) is 4.53. The molecular weight excluding hydrogens is 367 g/mol. The molecule has 0 atom stereocenters. The van der Waals surface area contributed by atoms with Crippen molar-refractivity contribution < 1.29 is 4.39 Å². The van der Waals surface area contributed by atoms with Crippen LogP contribution in [0.4, 0.5) is 10.2 Å². The largest absolute Gasteiger partial charge is 0.370 e. The lowest BCUT2D eigenvalue weighted by Crippen LogP contribution is -2.26. The van der Waals surface area contributed by atoms with Crippen molar-refractivity contribution in [3.63, 3.8) is 0 Å². The van der Waals surface area contributed by atoms with Crippen LogP contribution < -0.4 is 10.9 Å². The van der Waals surface area contributed by atoms with Gasteiger partial charge in [-0.05, 0) is 68.5 Å². The summed E-state index contributed by atoms with van der Waals surface area (Å²) in [6.45, 7) is 4.25. The lowest BCUT2D eigenvalue weighted by molar-refractivity contribution is 0.624. The Kier molecular flexibility index (Phi) is 4.89.